The number of nitrogens with zero attached hydrogens (tertiary/aromatic N) is 10. The Hall–Kier alpha value is -12.7. The van der Waals surface area contributed by atoms with Crippen molar-refractivity contribution in [1.82, 2.24) is 49.0 Å². The number of rotatable bonds is 12. The van der Waals surface area contributed by atoms with Gasteiger partial charge in [-0.3, -0.25) is 0 Å². The van der Waals surface area contributed by atoms with E-state index in [4.69, 9.17) is 39.9 Å². The molecule has 10 nitrogen and oxygen atoms in total. The molecule has 0 aliphatic carbocycles. The Morgan fingerprint density at radius 2 is 0.478 bits per heavy atom. The van der Waals surface area contributed by atoms with Crippen LogP contribution in [0, 0.1) is 0 Å². The minimum absolute atomic E-state index is 0.448. The fourth-order valence-corrected chi connectivity index (χ4v) is 12.7. The Bertz CT molecular complexity index is 5160. The topological polar surface area (TPSA) is 113 Å². The summed E-state index contributed by atoms with van der Waals surface area (Å²) in [5.41, 5.74) is 17.8. The predicted molar refractivity (Wildman–Crippen MR) is 372 cm³/mol. The van der Waals surface area contributed by atoms with E-state index in [9.17, 15) is 0 Å². The van der Waals surface area contributed by atoms with Crippen molar-refractivity contribution in [2.45, 2.75) is 0 Å². The van der Waals surface area contributed by atoms with E-state index in [1.807, 2.05) is 133 Å². The third-order valence-corrected chi connectivity index (χ3v) is 17.0. The maximum absolute atomic E-state index is 5.60. The van der Waals surface area contributed by atoms with Crippen LogP contribution in [0.15, 0.2) is 315 Å². The highest BCUT2D eigenvalue weighted by atomic mass is 15.1. The molecule has 11 aromatic carbocycles. The lowest BCUT2D eigenvalue weighted by Gasteiger charge is -2.21. The number of hydrogen-bond acceptors (Lipinski definition) is 8. The second-order valence-corrected chi connectivity index (χ2v) is 22.7. The van der Waals surface area contributed by atoms with Gasteiger partial charge in [0.15, 0.2) is 34.9 Å². The van der Waals surface area contributed by atoms with Gasteiger partial charge < -0.3 is 9.13 Å². The average Bonchev–Trinajstić information content (AvgIpc) is 1.67. The smallest absolute Gasteiger partial charge is 0.166 e. The van der Waals surface area contributed by atoms with Crippen molar-refractivity contribution >= 4 is 43.6 Å². The Morgan fingerprint density at radius 3 is 0.837 bits per heavy atom. The highest BCUT2D eigenvalue weighted by molar-refractivity contribution is 6.13. The summed E-state index contributed by atoms with van der Waals surface area (Å²) in [5, 5.41) is 4.22. The Labute approximate surface area is 529 Å². The molecule has 0 fully saturated rings. The lowest BCUT2D eigenvalue weighted by atomic mass is 10.0. The Morgan fingerprint density at radius 1 is 0.185 bits per heavy atom. The summed E-state index contributed by atoms with van der Waals surface area (Å²) < 4.78 is 4.70. The molecule has 0 bridgehead atoms. The summed E-state index contributed by atoms with van der Waals surface area (Å²) in [6.07, 6.45) is 0. The molecule has 0 unspecified atom stereocenters. The molecule has 17 aromatic rings. The molecule has 0 saturated carbocycles. The van der Waals surface area contributed by atoms with E-state index in [1.54, 1.807) is 0 Å². The molecule has 0 atom stereocenters. The molecular formula is C82H52N10. The highest BCUT2D eigenvalue weighted by Crippen LogP contribution is 2.46. The van der Waals surface area contributed by atoms with Crippen LogP contribution in [0.5, 0.6) is 0 Å². The molecule has 0 saturated heterocycles. The van der Waals surface area contributed by atoms with Crippen LogP contribution in [0.1, 0.15) is 0 Å². The lowest BCUT2D eigenvalue weighted by molar-refractivity contribution is 1.05. The monoisotopic (exact) mass is 1180 g/mol. The molecule has 17 rings (SSSR count). The van der Waals surface area contributed by atoms with Gasteiger partial charge in [-0.05, 0) is 72.8 Å². The molecule has 92 heavy (non-hydrogen) atoms. The second kappa shape index (κ2) is 22.8. The molecule has 6 aromatic heterocycles. The van der Waals surface area contributed by atoms with Crippen LogP contribution < -0.4 is 0 Å². The first-order chi connectivity index (χ1) is 45.6. The molecular weight excluding hydrogens is 1120 g/mol. The number of benzene rings is 11. The van der Waals surface area contributed by atoms with Crippen molar-refractivity contribution in [3.63, 3.8) is 0 Å². The van der Waals surface area contributed by atoms with E-state index in [2.05, 4.69) is 191 Å². The summed E-state index contributed by atoms with van der Waals surface area (Å²) in [6, 6.07) is 109. The molecule has 6 heterocycles. The number of para-hydroxylation sites is 2. The number of hydrogen-bond donors (Lipinski definition) is 0. The van der Waals surface area contributed by atoms with Gasteiger partial charge in [0.1, 0.15) is 0 Å². The van der Waals surface area contributed by atoms with E-state index in [-0.39, 0.29) is 0 Å². The van der Waals surface area contributed by atoms with Gasteiger partial charge in [-0.25, -0.2) is 39.9 Å². The van der Waals surface area contributed by atoms with Crippen LogP contribution in [0.2, 0.25) is 0 Å². The van der Waals surface area contributed by atoms with Crippen molar-refractivity contribution in [3.05, 3.63) is 315 Å². The van der Waals surface area contributed by atoms with Crippen molar-refractivity contribution in [3.8, 4) is 125 Å². The number of aromatic nitrogens is 10. The number of fused-ring (bicyclic) bond motifs is 6. The highest BCUT2D eigenvalue weighted by Gasteiger charge is 2.28. The maximum atomic E-state index is 5.60. The molecule has 10 heteroatoms. The normalized spacial score (nSPS) is 11.5. The Kier molecular flexibility index (Phi) is 13.3. The number of pyridine rings is 2. The van der Waals surface area contributed by atoms with Gasteiger partial charge in [-0.15, -0.1) is 0 Å². The predicted octanol–water partition coefficient (Wildman–Crippen LogP) is 19.7. The van der Waals surface area contributed by atoms with Crippen molar-refractivity contribution in [1.29, 1.82) is 0 Å². The lowest BCUT2D eigenvalue weighted by Crippen LogP contribution is -2.09. The van der Waals surface area contributed by atoms with Gasteiger partial charge in [0.05, 0.1) is 50.5 Å². The van der Waals surface area contributed by atoms with Gasteiger partial charge >= 0.3 is 0 Å². The zero-order valence-corrected chi connectivity index (χ0v) is 49.5. The van der Waals surface area contributed by atoms with Gasteiger partial charge in [0, 0.05) is 82.9 Å². The quantitative estimate of drug-likeness (QED) is 0.119. The largest absolute Gasteiger partial charge is 0.309 e. The van der Waals surface area contributed by atoms with Gasteiger partial charge in [0.2, 0.25) is 0 Å². The van der Waals surface area contributed by atoms with Gasteiger partial charge in [-0.1, -0.05) is 243 Å². The van der Waals surface area contributed by atoms with Crippen LogP contribution in [0.4, 0.5) is 0 Å². The first-order valence-electron chi connectivity index (χ1n) is 30.7. The Balaban J connectivity index is 1.03. The molecule has 0 spiro atoms. The van der Waals surface area contributed by atoms with E-state index < -0.39 is 0 Å². The second-order valence-electron chi connectivity index (χ2n) is 22.7. The van der Waals surface area contributed by atoms with Crippen molar-refractivity contribution < 1.29 is 0 Å². The third-order valence-electron chi connectivity index (χ3n) is 17.0. The summed E-state index contributed by atoms with van der Waals surface area (Å²) in [6.45, 7) is 0. The molecule has 0 aliphatic rings. The SMILES string of the molecule is c1ccc(-c2cccc(-c3ccc4c(c3)c3cc(-c5cccc(-c6ccccc6)n5)ccc3n4-c3c(-c4nc(-c5ccccc5)nc(-c5ccccc5)n4)cc(-n4c5ccccc5c5ccccc54)cc3-c3nc(-c4ccccc4)nc(-c4ccccc4)n3)n2)cc1. The molecule has 0 aliphatic heterocycles. The molecule has 430 valence electrons. The standard InChI is InChI=1S/C82H52N10/c1-7-25-53(26-8-1)68-39-23-41-70(83-68)59-45-47-74-64(49-59)65-50-60(71-42-24-40-69(84-71)54-27-9-2-10-28-54)46-48-75(65)92(74)76-66(81-87-77(55-29-11-3-12-30-55)85-78(88-81)56-31-13-4-14-32-56)51-61(91-72-43-21-19-37-62(72)63-38-20-22-44-73(63)91)52-67(76)82-89-79(57-33-15-5-16-34-57)86-80(90-82)58-35-17-6-18-36-58/h1-52H. The van der Waals surface area contributed by atoms with Crippen molar-refractivity contribution in [2.75, 3.05) is 0 Å². The fourth-order valence-electron chi connectivity index (χ4n) is 12.7. The van der Waals surface area contributed by atoms with Crippen LogP contribution in [-0.2, 0) is 0 Å². The van der Waals surface area contributed by atoms with E-state index in [0.717, 1.165) is 122 Å². The summed E-state index contributed by atoms with van der Waals surface area (Å²) in [7, 11) is 0. The van der Waals surface area contributed by atoms with Gasteiger partial charge in [0.25, 0.3) is 0 Å². The van der Waals surface area contributed by atoms with Crippen LogP contribution in [-0.4, -0.2) is 49.0 Å². The van der Waals surface area contributed by atoms with Crippen LogP contribution >= 0.6 is 0 Å². The van der Waals surface area contributed by atoms with E-state index >= 15 is 0 Å². The first kappa shape index (κ1) is 53.6. The first-order valence-corrected chi connectivity index (χ1v) is 30.7. The zero-order chi connectivity index (χ0) is 60.9. The van der Waals surface area contributed by atoms with Crippen LogP contribution in [0.25, 0.3) is 168 Å². The van der Waals surface area contributed by atoms with E-state index in [1.165, 1.54) is 0 Å². The molecule has 0 radical (unpaired) electrons. The van der Waals surface area contributed by atoms with Gasteiger partial charge in [-0.2, -0.15) is 0 Å². The van der Waals surface area contributed by atoms with Crippen LogP contribution in [0.3, 0.4) is 0 Å². The average molecular weight is 1180 g/mol. The summed E-state index contributed by atoms with van der Waals surface area (Å²) in [4.78, 5) is 43.6. The minimum atomic E-state index is 0.448. The van der Waals surface area contributed by atoms with E-state index in [0.29, 0.717) is 46.1 Å². The fraction of sp³-hybridized carbons (Fsp3) is 0. The maximum Gasteiger partial charge on any atom is 0.166 e. The minimum Gasteiger partial charge on any atom is -0.309 e. The third kappa shape index (κ3) is 9.72. The zero-order valence-electron chi connectivity index (χ0n) is 49.5. The summed E-state index contributed by atoms with van der Waals surface area (Å²) in [5.74, 6) is 2.99. The molecule has 0 N–H and O–H groups in total. The summed E-state index contributed by atoms with van der Waals surface area (Å²) >= 11 is 0. The van der Waals surface area contributed by atoms with Crippen molar-refractivity contribution in [2.24, 2.45) is 0 Å². The molecule has 0 amide bonds.